The highest BCUT2D eigenvalue weighted by Gasteiger charge is 2.43. The van der Waals surface area contributed by atoms with E-state index in [4.69, 9.17) is 4.74 Å². The van der Waals surface area contributed by atoms with E-state index in [1.54, 1.807) is 18.2 Å². The van der Waals surface area contributed by atoms with Gasteiger partial charge in [0.05, 0.1) is 6.61 Å². The Hall–Kier alpha value is -1.13. The van der Waals surface area contributed by atoms with E-state index in [1.807, 2.05) is 0 Å². The molecule has 0 spiro atoms. The van der Waals surface area contributed by atoms with Gasteiger partial charge in [0, 0.05) is 18.0 Å². The van der Waals surface area contributed by atoms with E-state index < -0.39 is 0 Å². The summed E-state index contributed by atoms with van der Waals surface area (Å²) in [6.07, 6.45) is 4.86. The fourth-order valence-electron chi connectivity index (χ4n) is 2.88. The van der Waals surface area contributed by atoms with Crippen molar-refractivity contribution in [3.63, 3.8) is 0 Å². The van der Waals surface area contributed by atoms with Gasteiger partial charge in [0.25, 0.3) is 0 Å². The van der Waals surface area contributed by atoms with Gasteiger partial charge in [-0.1, -0.05) is 12.1 Å². The van der Waals surface area contributed by atoms with Crippen LogP contribution in [0.4, 0.5) is 4.39 Å². The second-order valence-corrected chi connectivity index (χ2v) is 5.77. The van der Waals surface area contributed by atoms with E-state index in [9.17, 15) is 9.50 Å². The Morgan fingerprint density at radius 1 is 1.32 bits per heavy atom. The summed E-state index contributed by atoms with van der Waals surface area (Å²) in [5.41, 5.74) is -0.225. The third-order valence-electron chi connectivity index (χ3n) is 4.08. The first-order valence-corrected chi connectivity index (χ1v) is 7.00. The molecule has 0 bridgehead atoms. The first-order chi connectivity index (χ1) is 9.21. The van der Waals surface area contributed by atoms with Crippen LogP contribution in [0.25, 0.3) is 0 Å². The van der Waals surface area contributed by atoms with E-state index in [0.29, 0.717) is 11.8 Å². The van der Waals surface area contributed by atoms with Crippen molar-refractivity contribution in [3.05, 3.63) is 30.1 Å². The smallest absolute Gasteiger partial charge is 0.165 e. The Balaban J connectivity index is 1.63. The second kappa shape index (κ2) is 5.10. The van der Waals surface area contributed by atoms with Gasteiger partial charge in [0.15, 0.2) is 11.6 Å². The van der Waals surface area contributed by atoms with Crippen LogP contribution >= 0.6 is 0 Å². The van der Waals surface area contributed by atoms with Crippen LogP contribution in [0, 0.1) is 5.82 Å². The molecule has 2 aliphatic rings. The summed E-state index contributed by atoms with van der Waals surface area (Å²) in [6.45, 7) is 0.126. The SMILES string of the molecule is OCC1(NC2CC2)CCC(Oc2ccccc2F)C1. The summed E-state index contributed by atoms with van der Waals surface area (Å²) in [6, 6.07) is 7.05. The molecule has 2 atom stereocenters. The van der Waals surface area contributed by atoms with Crippen LogP contribution in [-0.2, 0) is 0 Å². The summed E-state index contributed by atoms with van der Waals surface area (Å²) in [5.74, 6) is -0.00758. The lowest BCUT2D eigenvalue weighted by Gasteiger charge is -2.28. The maximum Gasteiger partial charge on any atom is 0.165 e. The van der Waals surface area contributed by atoms with Gasteiger partial charge in [-0.2, -0.15) is 0 Å². The number of nitrogens with one attached hydrogen (secondary N) is 1. The van der Waals surface area contributed by atoms with Gasteiger partial charge < -0.3 is 15.2 Å². The monoisotopic (exact) mass is 265 g/mol. The van der Waals surface area contributed by atoms with E-state index >= 15 is 0 Å². The Labute approximate surface area is 112 Å². The summed E-state index contributed by atoms with van der Waals surface area (Å²) >= 11 is 0. The third-order valence-corrected chi connectivity index (χ3v) is 4.08. The van der Waals surface area contributed by atoms with Crippen molar-refractivity contribution in [3.8, 4) is 5.75 Å². The van der Waals surface area contributed by atoms with Gasteiger partial charge in [-0.3, -0.25) is 0 Å². The number of hydrogen-bond acceptors (Lipinski definition) is 3. The zero-order valence-corrected chi connectivity index (χ0v) is 10.9. The van der Waals surface area contributed by atoms with Crippen LogP contribution in [0.5, 0.6) is 5.75 Å². The van der Waals surface area contributed by atoms with Crippen molar-refractivity contribution >= 4 is 0 Å². The Kier molecular flexibility index (Phi) is 3.46. The normalized spacial score (nSPS) is 30.5. The van der Waals surface area contributed by atoms with Crippen LogP contribution in [0.15, 0.2) is 24.3 Å². The van der Waals surface area contributed by atoms with Crippen molar-refractivity contribution in [2.45, 2.75) is 49.8 Å². The van der Waals surface area contributed by atoms with Gasteiger partial charge >= 0.3 is 0 Å². The molecule has 0 saturated heterocycles. The Morgan fingerprint density at radius 3 is 2.79 bits per heavy atom. The van der Waals surface area contributed by atoms with Crippen LogP contribution in [0.2, 0.25) is 0 Å². The molecule has 19 heavy (non-hydrogen) atoms. The number of aliphatic hydroxyl groups excluding tert-OH is 1. The molecule has 1 aromatic rings. The topological polar surface area (TPSA) is 41.5 Å². The van der Waals surface area contributed by atoms with Crippen LogP contribution in [0.1, 0.15) is 32.1 Å². The molecule has 0 amide bonds. The van der Waals surface area contributed by atoms with Crippen LogP contribution in [0.3, 0.4) is 0 Å². The zero-order valence-electron chi connectivity index (χ0n) is 10.9. The van der Waals surface area contributed by atoms with Gasteiger partial charge in [-0.15, -0.1) is 0 Å². The third kappa shape index (κ3) is 2.90. The largest absolute Gasteiger partial charge is 0.487 e. The highest BCUT2D eigenvalue weighted by atomic mass is 19.1. The molecule has 4 heteroatoms. The molecule has 0 radical (unpaired) electrons. The minimum absolute atomic E-state index is 0.0182. The molecule has 0 aliphatic heterocycles. The van der Waals surface area contributed by atoms with Gasteiger partial charge in [0.2, 0.25) is 0 Å². The zero-order chi connectivity index (χ0) is 13.3. The van der Waals surface area contributed by atoms with Crippen molar-refractivity contribution in [2.24, 2.45) is 0 Å². The summed E-state index contributed by atoms with van der Waals surface area (Å²) in [5, 5.41) is 13.2. The molecule has 104 valence electrons. The molecule has 0 aromatic heterocycles. The number of ether oxygens (including phenoxy) is 1. The maximum atomic E-state index is 13.5. The summed E-state index contributed by atoms with van der Waals surface area (Å²) in [4.78, 5) is 0. The summed E-state index contributed by atoms with van der Waals surface area (Å²) < 4.78 is 19.3. The highest BCUT2D eigenvalue weighted by molar-refractivity contribution is 5.24. The predicted molar refractivity (Wildman–Crippen MR) is 70.6 cm³/mol. The van der Waals surface area contributed by atoms with Crippen LogP contribution < -0.4 is 10.1 Å². The lowest BCUT2D eigenvalue weighted by Crippen LogP contribution is -2.48. The highest BCUT2D eigenvalue weighted by Crippen LogP contribution is 2.36. The molecule has 1 aromatic carbocycles. The number of para-hydroxylation sites is 1. The molecule has 3 nitrogen and oxygen atoms in total. The average Bonchev–Trinajstić information content (AvgIpc) is 3.13. The molecule has 2 aliphatic carbocycles. The van der Waals surface area contributed by atoms with Crippen molar-refractivity contribution in [1.82, 2.24) is 5.32 Å². The Bertz CT molecular complexity index is 450. The van der Waals surface area contributed by atoms with E-state index in [2.05, 4.69) is 5.32 Å². The van der Waals surface area contributed by atoms with Gasteiger partial charge in [-0.05, 0) is 37.8 Å². The maximum absolute atomic E-state index is 13.5. The first-order valence-electron chi connectivity index (χ1n) is 7.00. The molecular formula is C15H20FNO2. The van der Waals surface area contributed by atoms with Crippen molar-refractivity contribution < 1.29 is 14.2 Å². The molecular weight excluding hydrogens is 245 g/mol. The summed E-state index contributed by atoms with van der Waals surface area (Å²) in [7, 11) is 0. The van der Waals surface area contributed by atoms with Gasteiger partial charge in [0.1, 0.15) is 6.10 Å². The van der Waals surface area contributed by atoms with Gasteiger partial charge in [-0.25, -0.2) is 4.39 Å². The van der Waals surface area contributed by atoms with E-state index in [0.717, 1.165) is 19.3 Å². The second-order valence-electron chi connectivity index (χ2n) is 5.77. The number of aliphatic hydroxyl groups is 1. The number of hydrogen-bond donors (Lipinski definition) is 2. The number of rotatable bonds is 5. The quantitative estimate of drug-likeness (QED) is 0.858. The van der Waals surface area contributed by atoms with E-state index in [1.165, 1.54) is 18.9 Å². The lowest BCUT2D eigenvalue weighted by atomic mass is 9.98. The number of benzene rings is 1. The fourth-order valence-corrected chi connectivity index (χ4v) is 2.88. The molecule has 2 N–H and O–H groups in total. The molecule has 2 fully saturated rings. The van der Waals surface area contributed by atoms with Crippen molar-refractivity contribution in [1.29, 1.82) is 0 Å². The predicted octanol–water partition coefficient (Wildman–Crippen LogP) is 2.24. The van der Waals surface area contributed by atoms with E-state index in [-0.39, 0.29) is 24.1 Å². The molecule has 0 heterocycles. The minimum atomic E-state index is -0.320. The molecule has 2 unspecified atom stereocenters. The van der Waals surface area contributed by atoms with Crippen LogP contribution in [-0.4, -0.2) is 29.4 Å². The lowest BCUT2D eigenvalue weighted by molar-refractivity contribution is 0.137. The standard InChI is InChI=1S/C15H20FNO2/c16-13-3-1-2-4-14(13)19-12-7-8-15(9-12,10-18)17-11-5-6-11/h1-4,11-12,17-18H,5-10H2. The fraction of sp³-hybridized carbons (Fsp3) is 0.600. The Morgan fingerprint density at radius 2 is 2.11 bits per heavy atom. The number of halogens is 1. The van der Waals surface area contributed by atoms with Crippen molar-refractivity contribution in [2.75, 3.05) is 6.61 Å². The first kappa shape index (κ1) is 12.9. The average molecular weight is 265 g/mol. The molecule has 2 saturated carbocycles. The minimum Gasteiger partial charge on any atom is -0.487 e. The molecule has 3 rings (SSSR count).